The van der Waals surface area contributed by atoms with E-state index in [9.17, 15) is 8.42 Å². The van der Waals surface area contributed by atoms with E-state index in [1.807, 2.05) is 0 Å². The van der Waals surface area contributed by atoms with Crippen LogP contribution in [0.25, 0.3) is 0 Å². The van der Waals surface area contributed by atoms with Crippen LogP contribution in [-0.2, 0) is 9.84 Å². The molecule has 0 bridgehead atoms. The summed E-state index contributed by atoms with van der Waals surface area (Å²) in [6, 6.07) is 0.445. The molecule has 106 valence electrons. The van der Waals surface area contributed by atoms with Gasteiger partial charge in [-0.2, -0.15) is 0 Å². The molecule has 0 aliphatic heterocycles. The summed E-state index contributed by atoms with van der Waals surface area (Å²) >= 11 is 0. The van der Waals surface area contributed by atoms with Gasteiger partial charge >= 0.3 is 0 Å². The van der Waals surface area contributed by atoms with Gasteiger partial charge in [0, 0.05) is 18.1 Å². The van der Waals surface area contributed by atoms with E-state index >= 15 is 0 Å². The monoisotopic (exact) mass is 273 g/mol. The molecule has 1 rings (SSSR count). The third-order valence-corrected chi connectivity index (χ3v) is 4.48. The fourth-order valence-corrected chi connectivity index (χ4v) is 3.25. The van der Waals surface area contributed by atoms with E-state index < -0.39 is 9.84 Å². The summed E-state index contributed by atoms with van der Waals surface area (Å²) in [6.45, 7) is 3.07. The fourth-order valence-electron chi connectivity index (χ4n) is 2.56. The standard InChI is InChI=1S/C14H27NO2S/c1-3-15-14(10-7-11-18(2,16)17)12-13-8-5-4-6-9-13/h8,14-15H,3-7,9-12H2,1-2H3. The Kier molecular flexibility index (Phi) is 6.94. The predicted octanol–water partition coefficient (Wildman–Crippen LogP) is 2.68. The van der Waals surface area contributed by atoms with Crippen molar-refractivity contribution >= 4 is 9.84 Å². The van der Waals surface area contributed by atoms with Gasteiger partial charge in [0.15, 0.2) is 0 Å². The Labute approximate surface area is 112 Å². The SMILES string of the molecule is CCNC(CCCS(C)(=O)=O)CC1=CCCCC1. The van der Waals surface area contributed by atoms with E-state index in [1.165, 1.54) is 31.9 Å². The van der Waals surface area contributed by atoms with Crippen LogP contribution in [0.5, 0.6) is 0 Å². The second-order valence-electron chi connectivity index (χ2n) is 5.34. The molecule has 0 aromatic carbocycles. The zero-order valence-electron chi connectivity index (χ0n) is 11.7. The minimum atomic E-state index is -2.81. The number of rotatable bonds is 8. The summed E-state index contributed by atoms with van der Waals surface area (Å²) < 4.78 is 22.3. The van der Waals surface area contributed by atoms with Crippen LogP contribution < -0.4 is 5.32 Å². The lowest BCUT2D eigenvalue weighted by Crippen LogP contribution is -2.30. The first-order valence-electron chi connectivity index (χ1n) is 7.10. The zero-order valence-corrected chi connectivity index (χ0v) is 12.6. The topological polar surface area (TPSA) is 46.2 Å². The molecule has 0 radical (unpaired) electrons. The van der Waals surface area contributed by atoms with E-state index in [2.05, 4.69) is 18.3 Å². The van der Waals surface area contributed by atoms with E-state index in [1.54, 1.807) is 5.57 Å². The molecule has 1 aliphatic rings. The van der Waals surface area contributed by atoms with E-state index in [4.69, 9.17) is 0 Å². The van der Waals surface area contributed by atoms with E-state index in [0.29, 0.717) is 11.8 Å². The van der Waals surface area contributed by atoms with Crippen LogP contribution in [0.2, 0.25) is 0 Å². The second kappa shape index (κ2) is 7.95. The highest BCUT2D eigenvalue weighted by Crippen LogP contribution is 2.22. The largest absolute Gasteiger partial charge is 0.314 e. The summed E-state index contributed by atoms with van der Waals surface area (Å²) in [5.74, 6) is 0.313. The van der Waals surface area contributed by atoms with Gasteiger partial charge in [-0.05, 0) is 51.5 Å². The number of nitrogens with one attached hydrogen (secondary N) is 1. The van der Waals surface area contributed by atoms with Gasteiger partial charge in [-0.25, -0.2) is 8.42 Å². The Morgan fingerprint density at radius 2 is 2.17 bits per heavy atom. The summed E-state index contributed by atoms with van der Waals surface area (Å²) in [5, 5.41) is 3.48. The average molecular weight is 273 g/mol. The Balaban J connectivity index is 2.36. The zero-order chi connectivity index (χ0) is 13.4. The highest BCUT2D eigenvalue weighted by Gasteiger charge is 2.13. The molecular formula is C14H27NO2S. The second-order valence-corrected chi connectivity index (χ2v) is 7.60. The van der Waals surface area contributed by atoms with E-state index in [0.717, 1.165) is 25.8 Å². The molecule has 0 fully saturated rings. The molecule has 1 aliphatic carbocycles. The minimum absolute atomic E-state index is 0.313. The molecule has 1 N–H and O–H groups in total. The van der Waals surface area contributed by atoms with Crippen LogP contribution in [-0.4, -0.2) is 33.0 Å². The maximum absolute atomic E-state index is 11.1. The van der Waals surface area contributed by atoms with Crippen molar-refractivity contribution in [2.24, 2.45) is 0 Å². The van der Waals surface area contributed by atoms with Crippen molar-refractivity contribution in [2.75, 3.05) is 18.6 Å². The first-order valence-corrected chi connectivity index (χ1v) is 9.16. The fraction of sp³-hybridized carbons (Fsp3) is 0.857. The van der Waals surface area contributed by atoms with Gasteiger partial charge in [-0.15, -0.1) is 0 Å². The number of sulfone groups is 1. The molecule has 0 saturated heterocycles. The third kappa shape index (κ3) is 7.17. The highest BCUT2D eigenvalue weighted by molar-refractivity contribution is 7.90. The van der Waals surface area contributed by atoms with Crippen LogP contribution in [0.4, 0.5) is 0 Å². The Morgan fingerprint density at radius 1 is 1.39 bits per heavy atom. The van der Waals surface area contributed by atoms with E-state index in [-0.39, 0.29) is 0 Å². The molecular weight excluding hydrogens is 246 g/mol. The Morgan fingerprint density at radius 3 is 2.72 bits per heavy atom. The van der Waals surface area contributed by atoms with Gasteiger partial charge in [-0.3, -0.25) is 0 Å². The number of allylic oxidation sites excluding steroid dienone is 1. The predicted molar refractivity (Wildman–Crippen MR) is 77.6 cm³/mol. The lowest BCUT2D eigenvalue weighted by molar-refractivity contribution is 0.472. The van der Waals surface area contributed by atoms with Crippen molar-refractivity contribution in [1.29, 1.82) is 0 Å². The van der Waals surface area contributed by atoms with Gasteiger partial charge in [0.2, 0.25) is 0 Å². The van der Waals surface area contributed by atoms with Crippen molar-refractivity contribution in [3.05, 3.63) is 11.6 Å². The van der Waals surface area contributed by atoms with Crippen molar-refractivity contribution in [3.63, 3.8) is 0 Å². The van der Waals surface area contributed by atoms with Crippen molar-refractivity contribution in [1.82, 2.24) is 5.32 Å². The van der Waals surface area contributed by atoms with Crippen molar-refractivity contribution in [3.8, 4) is 0 Å². The molecule has 1 atom stereocenters. The number of hydrogen-bond acceptors (Lipinski definition) is 3. The lowest BCUT2D eigenvalue weighted by Gasteiger charge is -2.21. The molecule has 18 heavy (non-hydrogen) atoms. The summed E-state index contributed by atoms with van der Waals surface area (Å²) in [6.07, 6.45) is 11.6. The molecule has 0 spiro atoms. The minimum Gasteiger partial charge on any atom is -0.314 e. The molecule has 0 aromatic heterocycles. The van der Waals surface area contributed by atoms with Gasteiger partial charge in [0.05, 0.1) is 0 Å². The van der Waals surface area contributed by atoms with Gasteiger partial charge in [0.1, 0.15) is 9.84 Å². The molecule has 1 unspecified atom stereocenters. The Bertz CT molecular complexity index is 360. The average Bonchev–Trinajstić information content (AvgIpc) is 2.29. The van der Waals surface area contributed by atoms with Crippen LogP contribution in [0.1, 0.15) is 51.9 Å². The van der Waals surface area contributed by atoms with Crippen LogP contribution in [0.3, 0.4) is 0 Å². The lowest BCUT2D eigenvalue weighted by atomic mass is 9.93. The normalized spacial score (nSPS) is 18.4. The van der Waals surface area contributed by atoms with Crippen LogP contribution >= 0.6 is 0 Å². The van der Waals surface area contributed by atoms with Gasteiger partial charge in [-0.1, -0.05) is 18.6 Å². The first-order chi connectivity index (χ1) is 8.51. The smallest absolute Gasteiger partial charge is 0.147 e. The third-order valence-electron chi connectivity index (χ3n) is 3.45. The molecule has 4 heteroatoms. The summed E-state index contributed by atoms with van der Waals surface area (Å²) in [4.78, 5) is 0. The molecule has 3 nitrogen and oxygen atoms in total. The van der Waals surface area contributed by atoms with Crippen molar-refractivity contribution in [2.45, 2.75) is 57.9 Å². The summed E-state index contributed by atoms with van der Waals surface area (Å²) in [5.41, 5.74) is 1.56. The quantitative estimate of drug-likeness (QED) is 0.692. The van der Waals surface area contributed by atoms with Crippen LogP contribution in [0, 0.1) is 0 Å². The maximum Gasteiger partial charge on any atom is 0.147 e. The first kappa shape index (κ1) is 15.7. The number of hydrogen-bond donors (Lipinski definition) is 1. The molecule has 0 heterocycles. The highest BCUT2D eigenvalue weighted by atomic mass is 32.2. The maximum atomic E-state index is 11.1. The molecule has 0 saturated carbocycles. The Hall–Kier alpha value is -0.350. The summed E-state index contributed by atoms with van der Waals surface area (Å²) in [7, 11) is -2.81. The van der Waals surface area contributed by atoms with Gasteiger partial charge < -0.3 is 5.32 Å². The molecule has 0 aromatic rings. The van der Waals surface area contributed by atoms with Gasteiger partial charge in [0.25, 0.3) is 0 Å². The van der Waals surface area contributed by atoms with Crippen LogP contribution in [0.15, 0.2) is 11.6 Å². The molecule has 0 amide bonds. The van der Waals surface area contributed by atoms with Crippen molar-refractivity contribution < 1.29 is 8.42 Å².